The minimum absolute atomic E-state index is 0.276. The average Bonchev–Trinajstić information content (AvgIpc) is 2.25. The summed E-state index contributed by atoms with van der Waals surface area (Å²) in [4.78, 5) is 26.7. The van der Waals surface area contributed by atoms with Gasteiger partial charge in [-0.25, -0.2) is 4.79 Å². The highest BCUT2D eigenvalue weighted by atomic mass is 16.6. The molecule has 0 bridgehead atoms. The zero-order valence-corrected chi connectivity index (χ0v) is 10.2. The Kier molecular flexibility index (Phi) is 4.20. The van der Waals surface area contributed by atoms with Crippen LogP contribution in [0.1, 0.15) is 31.1 Å². The van der Waals surface area contributed by atoms with E-state index >= 15 is 0 Å². The predicted molar refractivity (Wildman–Crippen MR) is 62.8 cm³/mol. The Morgan fingerprint density at radius 1 is 1.41 bits per heavy atom. The summed E-state index contributed by atoms with van der Waals surface area (Å²) in [5, 5.41) is 2.60. The topological polar surface area (TPSA) is 68.3 Å². The van der Waals surface area contributed by atoms with Crippen LogP contribution >= 0.6 is 0 Å². The maximum Gasteiger partial charge on any atom is 0.407 e. The largest absolute Gasteiger partial charge is 0.441 e. The maximum absolute atomic E-state index is 11.6. The molecule has 0 spiro atoms. The second-order valence-electron chi connectivity index (χ2n) is 4.62. The van der Waals surface area contributed by atoms with Crippen molar-refractivity contribution in [3.05, 3.63) is 30.1 Å². The lowest BCUT2D eigenvalue weighted by Gasteiger charge is -2.19. The Hall–Kier alpha value is -1.91. The van der Waals surface area contributed by atoms with Crippen molar-refractivity contribution in [3.63, 3.8) is 0 Å². The molecule has 0 saturated carbocycles. The van der Waals surface area contributed by atoms with Crippen LogP contribution in [0.4, 0.5) is 4.79 Å². The van der Waals surface area contributed by atoms with Crippen molar-refractivity contribution in [2.45, 2.75) is 26.3 Å². The number of pyridine rings is 1. The Morgan fingerprint density at radius 3 is 2.65 bits per heavy atom. The third-order valence-corrected chi connectivity index (χ3v) is 1.79. The highest BCUT2D eigenvalue weighted by Gasteiger charge is 2.16. The summed E-state index contributed by atoms with van der Waals surface area (Å²) in [5.41, 5.74) is 0.0464. The molecule has 0 unspecified atom stereocenters. The molecule has 5 nitrogen and oxygen atoms in total. The zero-order chi connectivity index (χ0) is 12.9. The van der Waals surface area contributed by atoms with E-state index in [1.54, 1.807) is 18.3 Å². The molecule has 92 valence electrons. The van der Waals surface area contributed by atoms with E-state index < -0.39 is 6.09 Å². The normalized spacial score (nSPS) is 10.8. The van der Waals surface area contributed by atoms with E-state index in [0.29, 0.717) is 5.56 Å². The number of carbonyl (C=O) groups is 2. The minimum atomic E-state index is -0.602. The van der Waals surface area contributed by atoms with E-state index in [2.05, 4.69) is 10.3 Å². The lowest BCUT2D eigenvalue weighted by Crippen LogP contribution is -2.41. The van der Waals surface area contributed by atoms with Gasteiger partial charge < -0.3 is 10.1 Å². The van der Waals surface area contributed by atoms with Crippen molar-refractivity contribution in [2.24, 2.45) is 0 Å². The molecule has 1 aromatic rings. The maximum atomic E-state index is 11.6. The molecule has 5 heteroatoms. The van der Waals surface area contributed by atoms with Gasteiger partial charge in [0.1, 0.15) is 0 Å². The van der Waals surface area contributed by atoms with Crippen LogP contribution in [0.15, 0.2) is 24.5 Å². The fourth-order valence-corrected chi connectivity index (χ4v) is 1.08. The van der Waals surface area contributed by atoms with E-state index in [1.807, 2.05) is 20.8 Å². The molecule has 1 amide bonds. The molecule has 0 aromatic carbocycles. The molecule has 17 heavy (non-hydrogen) atoms. The third kappa shape index (κ3) is 5.10. The van der Waals surface area contributed by atoms with Gasteiger partial charge in [0.15, 0.2) is 6.61 Å². The monoisotopic (exact) mass is 236 g/mol. The lowest BCUT2D eigenvalue weighted by atomic mass is 10.1. The fourth-order valence-electron chi connectivity index (χ4n) is 1.08. The van der Waals surface area contributed by atoms with Gasteiger partial charge in [0.2, 0.25) is 5.78 Å². The zero-order valence-electron chi connectivity index (χ0n) is 10.2. The number of aromatic nitrogens is 1. The third-order valence-electron chi connectivity index (χ3n) is 1.79. The Balaban J connectivity index is 2.42. The van der Waals surface area contributed by atoms with E-state index in [-0.39, 0.29) is 17.9 Å². The molecule has 0 aliphatic rings. The van der Waals surface area contributed by atoms with Gasteiger partial charge in [0.05, 0.1) is 0 Å². The quantitative estimate of drug-likeness (QED) is 0.812. The van der Waals surface area contributed by atoms with Crippen molar-refractivity contribution in [1.82, 2.24) is 10.3 Å². The van der Waals surface area contributed by atoms with Crippen LogP contribution in [-0.4, -0.2) is 29.0 Å². The Bertz CT molecular complexity index is 396. The smallest absolute Gasteiger partial charge is 0.407 e. The number of Topliss-reactive ketones (excluding diaryl/α,β-unsaturated/α-hetero) is 1. The van der Waals surface area contributed by atoms with Crippen LogP contribution in [0, 0.1) is 0 Å². The molecular formula is C12H16N2O3. The first-order valence-corrected chi connectivity index (χ1v) is 5.27. The Morgan fingerprint density at radius 2 is 2.12 bits per heavy atom. The standard InChI is InChI=1S/C12H16N2O3/c1-12(2,3)14-11(16)17-8-10(15)9-5-4-6-13-7-9/h4-7H,8H2,1-3H3,(H,14,16). The lowest BCUT2D eigenvalue weighted by molar-refractivity contribution is 0.0832. The second-order valence-corrected chi connectivity index (χ2v) is 4.62. The molecule has 1 aromatic heterocycles. The van der Waals surface area contributed by atoms with Gasteiger partial charge in [-0.05, 0) is 32.9 Å². The van der Waals surface area contributed by atoms with Crippen molar-refractivity contribution < 1.29 is 14.3 Å². The van der Waals surface area contributed by atoms with Gasteiger partial charge in [-0.15, -0.1) is 0 Å². The number of ketones is 1. The van der Waals surface area contributed by atoms with Crippen LogP contribution in [0.2, 0.25) is 0 Å². The fraction of sp³-hybridized carbons (Fsp3) is 0.417. The first-order chi connectivity index (χ1) is 7.88. The first kappa shape index (κ1) is 13.2. The Labute approximate surface area is 100 Å². The SMILES string of the molecule is CC(C)(C)NC(=O)OCC(=O)c1cccnc1. The van der Waals surface area contributed by atoms with E-state index in [1.165, 1.54) is 6.20 Å². The van der Waals surface area contributed by atoms with Crippen molar-refractivity contribution in [3.8, 4) is 0 Å². The first-order valence-electron chi connectivity index (χ1n) is 5.27. The predicted octanol–water partition coefficient (Wildman–Crippen LogP) is 1.79. The summed E-state index contributed by atoms with van der Waals surface area (Å²) in [6.45, 7) is 5.21. The van der Waals surface area contributed by atoms with Gasteiger partial charge in [-0.3, -0.25) is 9.78 Å². The number of ether oxygens (including phenoxy) is 1. The molecule has 1 rings (SSSR count). The highest BCUT2D eigenvalue weighted by molar-refractivity contribution is 5.97. The molecule has 1 N–H and O–H groups in total. The summed E-state index contributed by atoms with van der Waals surface area (Å²) in [6.07, 6.45) is 2.41. The number of hydrogen-bond acceptors (Lipinski definition) is 4. The number of rotatable bonds is 3. The van der Waals surface area contributed by atoms with Crippen LogP contribution in [0.3, 0.4) is 0 Å². The second kappa shape index (κ2) is 5.43. The van der Waals surface area contributed by atoms with Crippen LogP contribution < -0.4 is 5.32 Å². The number of hydrogen-bond donors (Lipinski definition) is 1. The number of alkyl carbamates (subject to hydrolysis) is 1. The molecule has 0 radical (unpaired) electrons. The average molecular weight is 236 g/mol. The van der Waals surface area contributed by atoms with E-state index in [9.17, 15) is 9.59 Å². The molecule has 0 fully saturated rings. The van der Waals surface area contributed by atoms with Crippen molar-refractivity contribution >= 4 is 11.9 Å². The van der Waals surface area contributed by atoms with Gasteiger partial charge in [-0.1, -0.05) is 0 Å². The van der Waals surface area contributed by atoms with Gasteiger partial charge in [0.25, 0.3) is 0 Å². The summed E-state index contributed by atoms with van der Waals surface area (Å²) in [5.74, 6) is -0.276. The van der Waals surface area contributed by atoms with Crippen LogP contribution in [-0.2, 0) is 4.74 Å². The molecule has 0 saturated heterocycles. The van der Waals surface area contributed by atoms with E-state index in [4.69, 9.17) is 4.74 Å². The summed E-state index contributed by atoms with van der Waals surface area (Å²) >= 11 is 0. The van der Waals surface area contributed by atoms with Gasteiger partial charge in [-0.2, -0.15) is 0 Å². The molecule has 0 aliphatic carbocycles. The number of amides is 1. The van der Waals surface area contributed by atoms with Gasteiger partial charge >= 0.3 is 6.09 Å². The van der Waals surface area contributed by atoms with Crippen LogP contribution in [0.25, 0.3) is 0 Å². The number of nitrogens with one attached hydrogen (secondary N) is 1. The highest BCUT2D eigenvalue weighted by Crippen LogP contribution is 2.01. The molecule has 0 aliphatic heterocycles. The van der Waals surface area contributed by atoms with Crippen LogP contribution in [0.5, 0.6) is 0 Å². The number of nitrogens with zero attached hydrogens (tertiary/aromatic N) is 1. The molecular weight excluding hydrogens is 220 g/mol. The summed E-state index contributed by atoms with van der Waals surface area (Å²) in [7, 11) is 0. The molecule has 0 atom stereocenters. The minimum Gasteiger partial charge on any atom is -0.441 e. The summed E-state index contributed by atoms with van der Waals surface area (Å²) < 4.78 is 4.81. The van der Waals surface area contributed by atoms with Gasteiger partial charge in [0, 0.05) is 23.5 Å². The molecule has 1 heterocycles. The van der Waals surface area contributed by atoms with Crippen molar-refractivity contribution in [2.75, 3.05) is 6.61 Å². The van der Waals surface area contributed by atoms with E-state index in [0.717, 1.165) is 0 Å². The van der Waals surface area contributed by atoms with Crippen molar-refractivity contribution in [1.29, 1.82) is 0 Å². The number of carbonyl (C=O) groups excluding carboxylic acids is 2. The summed E-state index contributed by atoms with van der Waals surface area (Å²) in [6, 6.07) is 3.28.